The molecule has 3 aromatic heterocycles. The van der Waals surface area contributed by atoms with Crippen LogP contribution in [0.2, 0.25) is 0 Å². The summed E-state index contributed by atoms with van der Waals surface area (Å²) in [5, 5.41) is 4.88. The Kier molecular flexibility index (Phi) is 8.54. The van der Waals surface area contributed by atoms with Crippen LogP contribution in [0, 0.1) is 17.0 Å². The summed E-state index contributed by atoms with van der Waals surface area (Å²) in [4.78, 5) is 51.1. The molecule has 3 aliphatic heterocycles. The molecule has 2 amide bonds. The summed E-state index contributed by atoms with van der Waals surface area (Å²) < 4.78 is 33.9. The van der Waals surface area contributed by atoms with Crippen molar-refractivity contribution in [2.24, 2.45) is 5.41 Å². The van der Waals surface area contributed by atoms with Crippen molar-refractivity contribution in [2.45, 2.75) is 25.7 Å². The van der Waals surface area contributed by atoms with Gasteiger partial charge < -0.3 is 19.9 Å². The maximum absolute atomic E-state index is 14.2. The van der Waals surface area contributed by atoms with Gasteiger partial charge in [0.1, 0.15) is 17.5 Å². The molecule has 8 nitrogen and oxygen atoms in total. The molecular weight excluding hydrogens is 679 g/mol. The third kappa shape index (κ3) is 6.01. The van der Waals surface area contributed by atoms with Crippen LogP contribution in [0.25, 0.3) is 9.75 Å². The van der Waals surface area contributed by atoms with E-state index in [4.69, 9.17) is 4.74 Å². The predicted octanol–water partition coefficient (Wildman–Crippen LogP) is 7.65. The first-order valence-corrected chi connectivity index (χ1v) is 18.2. The SMILES string of the molecule is O=C(Cc1c(F)cccc1F)c1cc2c(s1)-c1sccc1N(C(=O)c1ccc(NC(=O)c3cccnc3N3CCC4(CC3)COC4)cc1)CC2. The summed E-state index contributed by atoms with van der Waals surface area (Å²) >= 11 is 2.77. The Morgan fingerprint density at radius 3 is 2.40 bits per heavy atom. The van der Waals surface area contributed by atoms with Crippen molar-refractivity contribution in [3.8, 4) is 9.75 Å². The van der Waals surface area contributed by atoms with Crippen molar-refractivity contribution in [1.29, 1.82) is 0 Å². The lowest BCUT2D eigenvalue weighted by Crippen LogP contribution is -2.51. The molecule has 0 unspecified atom stereocenters. The van der Waals surface area contributed by atoms with Gasteiger partial charge in [0.15, 0.2) is 5.78 Å². The number of amides is 2. The smallest absolute Gasteiger partial charge is 0.259 e. The number of carbonyl (C=O) groups excluding carboxylic acids is 3. The first kappa shape index (κ1) is 32.4. The second-order valence-corrected chi connectivity index (χ2v) is 15.0. The number of hydrogen-bond donors (Lipinski definition) is 1. The Morgan fingerprint density at radius 1 is 0.920 bits per heavy atom. The second kappa shape index (κ2) is 13.2. The Labute approximate surface area is 295 Å². The lowest BCUT2D eigenvalue weighted by molar-refractivity contribution is -0.124. The molecule has 2 saturated heterocycles. The normalized spacial score (nSPS) is 16.3. The number of thiophene rings is 2. The summed E-state index contributed by atoms with van der Waals surface area (Å²) in [6.45, 7) is 3.65. The number of hydrogen-bond acceptors (Lipinski definition) is 8. The van der Waals surface area contributed by atoms with Crippen molar-refractivity contribution in [3.63, 3.8) is 0 Å². The number of anilines is 3. The molecule has 12 heteroatoms. The quantitative estimate of drug-likeness (QED) is 0.175. The van der Waals surface area contributed by atoms with Crippen LogP contribution in [0.1, 0.15) is 54.4 Å². The summed E-state index contributed by atoms with van der Waals surface area (Å²) in [7, 11) is 0. The summed E-state index contributed by atoms with van der Waals surface area (Å²) in [5.74, 6) is -1.61. The number of ether oxygens (including phenoxy) is 1. The molecule has 50 heavy (non-hydrogen) atoms. The Hall–Kier alpha value is -4.78. The van der Waals surface area contributed by atoms with E-state index in [-0.39, 0.29) is 35.0 Å². The standard InChI is InChI=1S/C38H32F2N4O4S2/c39-28-4-1-5-29(40)27(28)20-31(45)32-19-24-10-15-44(30-11-18-49-34(30)33(24)50-32)37(47)23-6-8-25(9-7-23)42-36(46)26-3-2-14-41-35(26)43-16-12-38(13-17-43)21-48-22-38/h1-9,11,14,18-19H,10,12-13,15-17,20-22H2,(H,42,46). The molecule has 0 atom stereocenters. The largest absolute Gasteiger partial charge is 0.380 e. The van der Waals surface area contributed by atoms with Crippen LogP contribution in [0.5, 0.6) is 0 Å². The van der Waals surface area contributed by atoms with Crippen molar-refractivity contribution in [3.05, 3.63) is 117 Å². The van der Waals surface area contributed by atoms with E-state index in [1.54, 1.807) is 53.6 Å². The van der Waals surface area contributed by atoms with Gasteiger partial charge in [-0.2, -0.15) is 0 Å². The number of nitrogens with zero attached hydrogens (tertiary/aromatic N) is 3. The lowest BCUT2D eigenvalue weighted by atomic mass is 9.77. The fourth-order valence-electron chi connectivity index (χ4n) is 6.89. The maximum Gasteiger partial charge on any atom is 0.259 e. The Balaban J connectivity index is 0.954. The van der Waals surface area contributed by atoms with Crippen LogP contribution in [0.15, 0.2) is 78.3 Å². The van der Waals surface area contributed by atoms with Crippen LogP contribution in [0.4, 0.5) is 26.0 Å². The Morgan fingerprint density at radius 2 is 1.68 bits per heavy atom. The molecule has 3 aliphatic rings. The molecule has 0 aliphatic carbocycles. The maximum atomic E-state index is 14.2. The van der Waals surface area contributed by atoms with E-state index in [1.165, 1.54) is 28.7 Å². The van der Waals surface area contributed by atoms with Gasteiger partial charge in [-0.05, 0) is 90.9 Å². The number of aromatic nitrogens is 1. The lowest BCUT2D eigenvalue weighted by Gasteiger charge is -2.47. The summed E-state index contributed by atoms with van der Waals surface area (Å²) in [6.07, 6.45) is 3.87. The number of ketones is 1. The van der Waals surface area contributed by atoms with Crippen molar-refractivity contribution in [2.75, 3.05) is 48.0 Å². The van der Waals surface area contributed by atoms with Crippen LogP contribution >= 0.6 is 22.7 Å². The van der Waals surface area contributed by atoms with Gasteiger partial charge >= 0.3 is 0 Å². The van der Waals surface area contributed by atoms with Gasteiger partial charge in [-0.3, -0.25) is 14.4 Å². The number of rotatable bonds is 7. The summed E-state index contributed by atoms with van der Waals surface area (Å²) in [5.41, 5.74) is 3.23. The van der Waals surface area contributed by atoms with E-state index in [0.29, 0.717) is 40.5 Å². The molecule has 1 spiro atoms. The molecular formula is C38H32F2N4O4S2. The van der Waals surface area contributed by atoms with Gasteiger partial charge in [-0.25, -0.2) is 13.8 Å². The molecule has 0 bridgehead atoms. The van der Waals surface area contributed by atoms with Gasteiger partial charge in [0.25, 0.3) is 11.8 Å². The number of benzene rings is 2. The van der Waals surface area contributed by atoms with E-state index in [0.717, 1.165) is 72.3 Å². The highest BCUT2D eigenvalue weighted by Gasteiger charge is 2.41. The first-order chi connectivity index (χ1) is 24.3. The van der Waals surface area contributed by atoms with Gasteiger partial charge in [-0.1, -0.05) is 6.07 Å². The number of halogens is 2. The van der Waals surface area contributed by atoms with Gasteiger partial charge in [-0.15, -0.1) is 22.7 Å². The van der Waals surface area contributed by atoms with Crippen molar-refractivity contribution < 1.29 is 27.9 Å². The van der Waals surface area contributed by atoms with Crippen molar-refractivity contribution >= 4 is 57.5 Å². The molecule has 2 fully saturated rings. The van der Waals surface area contributed by atoms with E-state index >= 15 is 0 Å². The highest BCUT2D eigenvalue weighted by Crippen LogP contribution is 2.45. The topological polar surface area (TPSA) is 91.8 Å². The average molecular weight is 711 g/mol. The number of carbonyl (C=O) groups is 3. The van der Waals surface area contributed by atoms with E-state index < -0.39 is 11.6 Å². The van der Waals surface area contributed by atoms with Crippen molar-refractivity contribution in [1.82, 2.24) is 4.98 Å². The fourth-order valence-corrected chi connectivity index (χ4v) is 9.13. The van der Waals surface area contributed by atoms with Gasteiger partial charge in [0, 0.05) is 54.5 Å². The zero-order chi connectivity index (χ0) is 34.4. The van der Waals surface area contributed by atoms with Gasteiger partial charge in [0.05, 0.1) is 39.1 Å². The van der Waals surface area contributed by atoms with Crippen LogP contribution in [0.3, 0.4) is 0 Å². The molecule has 5 aromatic rings. The highest BCUT2D eigenvalue weighted by atomic mass is 32.1. The molecule has 0 radical (unpaired) electrons. The van der Waals surface area contributed by atoms with Crippen LogP contribution in [-0.4, -0.2) is 55.4 Å². The fraction of sp³-hybridized carbons (Fsp3) is 0.263. The van der Waals surface area contributed by atoms with E-state index in [9.17, 15) is 23.2 Å². The number of nitrogens with one attached hydrogen (secondary N) is 1. The zero-order valence-electron chi connectivity index (χ0n) is 26.9. The molecule has 6 heterocycles. The summed E-state index contributed by atoms with van der Waals surface area (Å²) in [6, 6.07) is 17.7. The average Bonchev–Trinajstić information content (AvgIpc) is 3.74. The Bertz CT molecular complexity index is 2090. The zero-order valence-corrected chi connectivity index (χ0v) is 28.5. The minimum Gasteiger partial charge on any atom is -0.380 e. The third-order valence-electron chi connectivity index (χ3n) is 9.84. The number of pyridine rings is 1. The predicted molar refractivity (Wildman–Crippen MR) is 191 cm³/mol. The van der Waals surface area contributed by atoms with E-state index in [2.05, 4.69) is 15.2 Å². The number of piperidine rings is 1. The molecule has 2 aromatic carbocycles. The molecule has 8 rings (SSSR count). The first-order valence-electron chi connectivity index (χ1n) is 16.5. The number of fused-ring (bicyclic) bond motifs is 3. The monoisotopic (exact) mass is 710 g/mol. The minimum atomic E-state index is -0.741. The minimum absolute atomic E-state index is 0.182. The van der Waals surface area contributed by atoms with Gasteiger partial charge in [0.2, 0.25) is 0 Å². The molecule has 254 valence electrons. The second-order valence-electron chi connectivity index (χ2n) is 13.0. The van der Waals surface area contributed by atoms with Crippen LogP contribution in [-0.2, 0) is 17.6 Å². The third-order valence-corrected chi connectivity index (χ3v) is 12.1. The number of Topliss-reactive ketones (excluding diaryl/α,β-unsaturated/α-hetero) is 1. The van der Waals surface area contributed by atoms with E-state index in [1.807, 2.05) is 11.4 Å². The molecule has 1 N–H and O–H groups in total. The molecule has 0 saturated carbocycles. The van der Waals surface area contributed by atoms with Crippen LogP contribution < -0.4 is 15.1 Å². The highest BCUT2D eigenvalue weighted by molar-refractivity contribution is 7.23.